The molecule has 5 heterocycles. The molecular weight excluding hydrogens is 569 g/mol. The molecular formula is C29H36FN11O3. The number of carbonyl (C=O) groups excluding carboxylic acids is 1. The van der Waals surface area contributed by atoms with Crippen molar-refractivity contribution in [1.82, 2.24) is 39.3 Å². The molecule has 6 rings (SSSR count). The van der Waals surface area contributed by atoms with Crippen LogP contribution in [0.3, 0.4) is 0 Å². The van der Waals surface area contributed by atoms with Gasteiger partial charge in [0.15, 0.2) is 22.6 Å². The van der Waals surface area contributed by atoms with Crippen molar-refractivity contribution >= 4 is 34.4 Å². The topological polar surface area (TPSA) is 171 Å². The van der Waals surface area contributed by atoms with Crippen molar-refractivity contribution in [3.63, 3.8) is 0 Å². The number of piperazine rings is 1. The van der Waals surface area contributed by atoms with Gasteiger partial charge in [0.05, 0.1) is 30.9 Å². The van der Waals surface area contributed by atoms with E-state index in [1.54, 1.807) is 36.9 Å². The lowest BCUT2D eigenvalue weighted by molar-refractivity contribution is -0.123. The number of benzene rings is 1. The van der Waals surface area contributed by atoms with Crippen LogP contribution in [0.5, 0.6) is 5.75 Å². The Morgan fingerprint density at radius 1 is 1.14 bits per heavy atom. The molecule has 1 fully saturated rings. The van der Waals surface area contributed by atoms with Gasteiger partial charge in [0.1, 0.15) is 18.2 Å². The van der Waals surface area contributed by atoms with Crippen molar-refractivity contribution < 1.29 is 18.3 Å². The summed E-state index contributed by atoms with van der Waals surface area (Å²) in [5, 5.41) is 7.16. The summed E-state index contributed by atoms with van der Waals surface area (Å²) in [4.78, 5) is 30.0. The van der Waals surface area contributed by atoms with E-state index in [1.807, 2.05) is 23.3 Å². The first kappa shape index (κ1) is 29.3. The molecule has 1 atom stereocenters. The molecule has 0 radical (unpaired) electrons. The minimum absolute atomic E-state index is 0.0454. The van der Waals surface area contributed by atoms with Gasteiger partial charge >= 0.3 is 0 Å². The summed E-state index contributed by atoms with van der Waals surface area (Å²) < 4.78 is 29.5. The third-order valence-corrected chi connectivity index (χ3v) is 7.79. The number of ether oxygens (including phenoxy) is 1. The predicted molar refractivity (Wildman–Crippen MR) is 163 cm³/mol. The minimum atomic E-state index is -0.566. The second-order valence-electron chi connectivity index (χ2n) is 11.1. The zero-order chi connectivity index (χ0) is 30.8. The van der Waals surface area contributed by atoms with E-state index >= 15 is 4.39 Å². The molecule has 0 bridgehead atoms. The van der Waals surface area contributed by atoms with Gasteiger partial charge in [-0.05, 0) is 30.2 Å². The molecule has 232 valence electrons. The van der Waals surface area contributed by atoms with Gasteiger partial charge in [0.25, 0.3) is 0 Å². The monoisotopic (exact) mass is 605 g/mol. The second kappa shape index (κ2) is 12.5. The molecule has 5 aromatic rings. The first-order valence-corrected chi connectivity index (χ1v) is 14.6. The lowest BCUT2D eigenvalue weighted by Gasteiger charge is -2.36. The molecule has 14 nitrogen and oxygen atoms in total. The Morgan fingerprint density at radius 2 is 1.95 bits per heavy atom. The number of carbonyl (C=O) groups is 1. The fourth-order valence-electron chi connectivity index (χ4n) is 5.16. The van der Waals surface area contributed by atoms with Crippen LogP contribution in [-0.4, -0.2) is 91.9 Å². The normalized spacial score (nSPS) is 15.0. The fraction of sp³-hybridized carbons (Fsp3) is 0.414. The number of hydrogen-bond acceptors (Lipinski definition) is 11. The van der Waals surface area contributed by atoms with E-state index in [0.29, 0.717) is 66.0 Å². The lowest BCUT2D eigenvalue weighted by atomic mass is 10.1. The maximum absolute atomic E-state index is 15.0. The molecule has 4 aromatic heterocycles. The van der Waals surface area contributed by atoms with E-state index in [9.17, 15) is 4.79 Å². The molecule has 0 spiro atoms. The highest BCUT2D eigenvalue weighted by Gasteiger charge is 2.22. The number of aromatic nitrogens is 6. The summed E-state index contributed by atoms with van der Waals surface area (Å²) in [7, 11) is 0. The fourth-order valence-corrected chi connectivity index (χ4v) is 5.16. The van der Waals surface area contributed by atoms with Gasteiger partial charge in [-0.15, -0.1) is 5.10 Å². The number of nitrogens with one attached hydrogen (secondary N) is 1. The zero-order valence-corrected chi connectivity index (χ0v) is 24.7. The molecule has 0 saturated carbocycles. The van der Waals surface area contributed by atoms with Crippen LogP contribution >= 0.6 is 0 Å². The summed E-state index contributed by atoms with van der Waals surface area (Å²) in [6.45, 7) is 8.64. The number of fused-ring (bicyclic) bond motifs is 3. The molecule has 44 heavy (non-hydrogen) atoms. The molecule has 1 aromatic carbocycles. The van der Waals surface area contributed by atoms with Gasteiger partial charge in [-0.3, -0.25) is 9.69 Å². The van der Waals surface area contributed by atoms with Gasteiger partial charge in [-0.2, -0.15) is 9.50 Å². The number of nitrogens with two attached hydrogens (primary N) is 2. The van der Waals surface area contributed by atoms with Gasteiger partial charge in [-0.1, -0.05) is 13.8 Å². The van der Waals surface area contributed by atoms with E-state index in [1.165, 1.54) is 10.6 Å². The van der Waals surface area contributed by atoms with E-state index in [0.717, 1.165) is 19.6 Å². The van der Waals surface area contributed by atoms with Crippen molar-refractivity contribution in [3.8, 4) is 17.3 Å². The number of furan rings is 1. The second-order valence-corrected chi connectivity index (χ2v) is 11.1. The summed E-state index contributed by atoms with van der Waals surface area (Å²) >= 11 is 0. The quantitative estimate of drug-likeness (QED) is 0.187. The maximum Gasteiger partial charge on any atom is 0.237 e. The molecule has 0 unspecified atom stereocenters. The van der Waals surface area contributed by atoms with Crippen LogP contribution in [0.2, 0.25) is 0 Å². The van der Waals surface area contributed by atoms with E-state index < -0.39 is 6.04 Å². The Morgan fingerprint density at radius 3 is 2.68 bits per heavy atom. The standard InChI is InChI=1S/C29H36FN11O3/c1-18(2)23(31)28(42)33-7-15-43-19-5-6-21(20(30)16-19)39-11-8-38(9-12-39)10-13-40-17-34-24-26(40)36-29(32)41-27(24)35-25(37-41)22-4-3-14-44-22/h3-6,14,16-18,23H,7-13,15,31H2,1-2H3,(H2,32,36)(H,33,42)/t23-/m0/s1. The maximum atomic E-state index is 15.0. The summed E-state index contributed by atoms with van der Waals surface area (Å²) in [5.74, 6) is 1.05. The predicted octanol–water partition coefficient (Wildman–Crippen LogP) is 1.76. The van der Waals surface area contributed by atoms with E-state index in [4.69, 9.17) is 20.6 Å². The highest BCUT2D eigenvalue weighted by Crippen LogP contribution is 2.26. The van der Waals surface area contributed by atoms with Crippen molar-refractivity contribution in [2.24, 2.45) is 11.7 Å². The van der Waals surface area contributed by atoms with Crippen molar-refractivity contribution in [2.45, 2.75) is 26.4 Å². The van der Waals surface area contributed by atoms with Crippen LogP contribution in [0.25, 0.3) is 28.4 Å². The smallest absolute Gasteiger partial charge is 0.237 e. The molecule has 1 aliphatic rings. The first-order chi connectivity index (χ1) is 21.3. The van der Waals surface area contributed by atoms with Crippen molar-refractivity contribution in [2.75, 3.05) is 56.5 Å². The number of imidazole rings is 1. The van der Waals surface area contributed by atoms with Crippen LogP contribution in [-0.2, 0) is 11.3 Å². The first-order valence-electron chi connectivity index (χ1n) is 14.6. The molecule has 0 aliphatic carbocycles. The number of nitrogen functional groups attached to an aromatic ring is 1. The van der Waals surface area contributed by atoms with Crippen LogP contribution in [0.15, 0.2) is 47.3 Å². The third kappa shape index (κ3) is 6.01. The molecule has 5 N–H and O–H groups in total. The number of nitrogens with zero attached hydrogens (tertiary/aromatic N) is 8. The molecule has 1 amide bonds. The third-order valence-electron chi connectivity index (χ3n) is 7.79. The largest absolute Gasteiger partial charge is 0.492 e. The number of hydrogen-bond donors (Lipinski definition) is 3. The summed E-state index contributed by atoms with van der Waals surface area (Å²) in [5.41, 5.74) is 14.4. The number of halogens is 1. The average Bonchev–Trinajstić information content (AvgIpc) is 3.78. The SMILES string of the molecule is CC(C)[C@H](N)C(=O)NCCOc1ccc(N2CCN(CCn3cnc4c3nc(N)n3nc(-c5ccco5)nc43)CC2)c(F)c1. The zero-order valence-electron chi connectivity index (χ0n) is 24.7. The van der Waals surface area contributed by atoms with Gasteiger partial charge in [0.2, 0.25) is 17.7 Å². The van der Waals surface area contributed by atoms with Gasteiger partial charge in [0, 0.05) is 45.3 Å². The van der Waals surface area contributed by atoms with Crippen LogP contribution < -0.4 is 26.4 Å². The molecule has 15 heteroatoms. The van der Waals surface area contributed by atoms with Crippen LogP contribution in [0, 0.1) is 11.7 Å². The van der Waals surface area contributed by atoms with Crippen molar-refractivity contribution in [3.05, 3.63) is 48.7 Å². The Kier molecular flexibility index (Phi) is 8.30. The Hall–Kier alpha value is -4.76. The summed E-state index contributed by atoms with van der Waals surface area (Å²) in [6, 6.07) is 7.86. The van der Waals surface area contributed by atoms with Crippen molar-refractivity contribution in [1.29, 1.82) is 0 Å². The lowest BCUT2D eigenvalue weighted by Crippen LogP contribution is -2.47. The summed E-state index contributed by atoms with van der Waals surface area (Å²) in [6.07, 6.45) is 3.30. The van der Waals surface area contributed by atoms with E-state index in [-0.39, 0.29) is 30.2 Å². The van der Waals surface area contributed by atoms with Crippen LogP contribution in [0.4, 0.5) is 16.0 Å². The number of rotatable bonds is 11. The number of amides is 1. The number of anilines is 2. The molecule has 1 aliphatic heterocycles. The highest BCUT2D eigenvalue weighted by molar-refractivity contribution is 5.87. The van der Waals surface area contributed by atoms with Crippen LogP contribution in [0.1, 0.15) is 13.8 Å². The Balaban J connectivity index is 1.01. The minimum Gasteiger partial charge on any atom is -0.492 e. The van der Waals surface area contributed by atoms with E-state index in [2.05, 4.69) is 30.3 Å². The molecule has 1 saturated heterocycles. The Bertz CT molecular complexity index is 1740. The van der Waals surface area contributed by atoms with Gasteiger partial charge in [-0.25, -0.2) is 14.4 Å². The van der Waals surface area contributed by atoms with Gasteiger partial charge < -0.3 is 35.4 Å². The average molecular weight is 606 g/mol. The highest BCUT2D eigenvalue weighted by atomic mass is 19.1. The Labute approximate surface area is 252 Å².